The summed E-state index contributed by atoms with van der Waals surface area (Å²) in [6, 6.07) is 0. The van der Waals surface area contributed by atoms with E-state index in [1.165, 1.54) is 11.8 Å². The molecule has 90 valence electrons. The first kappa shape index (κ1) is 13.6. The number of hydrogen-bond donors (Lipinski definition) is 2. The van der Waals surface area contributed by atoms with Gasteiger partial charge in [0.1, 0.15) is 10.0 Å². The highest BCUT2D eigenvalue weighted by Crippen LogP contribution is 2.10. The maximum Gasteiger partial charge on any atom is 0.285 e. The Morgan fingerprint density at radius 1 is 1.44 bits per heavy atom. The number of aromatic amines is 1. The van der Waals surface area contributed by atoms with Gasteiger partial charge in [0.2, 0.25) is 0 Å². The van der Waals surface area contributed by atoms with Crippen LogP contribution in [0.25, 0.3) is 0 Å². The molecule has 16 heavy (non-hydrogen) atoms. The molecule has 2 N–H and O–H groups in total. The third kappa shape index (κ3) is 3.04. The fourth-order valence-corrected chi connectivity index (χ4v) is 1.92. The molecule has 0 saturated carbocycles. The van der Waals surface area contributed by atoms with E-state index >= 15 is 0 Å². The summed E-state index contributed by atoms with van der Waals surface area (Å²) in [5, 5.41) is 11.1. The van der Waals surface area contributed by atoms with Crippen LogP contribution in [0.15, 0.2) is 9.59 Å². The summed E-state index contributed by atoms with van der Waals surface area (Å²) >= 11 is 12.5. The Morgan fingerprint density at radius 3 is 2.62 bits per heavy atom. The minimum absolute atomic E-state index is 0.0220. The van der Waals surface area contributed by atoms with E-state index in [2.05, 4.69) is 5.10 Å². The van der Waals surface area contributed by atoms with Gasteiger partial charge < -0.3 is 5.11 Å². The Labute approximate surface area is 105 Å². The maximum absolute atomic E-state index is 11.5. The summed E-state index contributed by atoms with van der Waals surface area (Å²) in [6.45, 7) is -0.0220. The topological polar surface area (TPSA) is 75.1 Å². The van der Waals surface area contributed by atoms with Crippen molar-refractivity contribution in [2.45, 2.75) is 12.6 Å². The number of nitrogens with one attached hydrogen (secondary N) is 1. The number of thioether (sulfide) groups is 1. The summed E-state index contributed by atoms with van der Waals surface area (Å²) in [6.07, 6.45) is 1.09. The second-order valence-corrected chi connectivity index (χ2v) is 4.76. The van der Waals surface area contributed by atoms with E-state index in [1.54, 1.807) is 0 Å². The Hall–Kier alpha value is -0.430. The van der Waals surface area contributed by atoms with E-state index < -0.39 is 17.2 Å². The highest BCUT2D eigenvalue weighted by Gasteiger charge is 2.13. The van der Waals surface area contributed by atoms with E-state index in [0.29, 0.717) is 5.75 Å². The average molecular weight is 285 g/mol. The molecule has 1 aromatic heterocycles. The first-order valence-corrected chi connectivity index (χ1v) is 6.47. The van der Waals surface area contributed by atoms with Gasteiger partial charge in [-0.05, 0) is 6.26 Å². The van der Waals surface area contributed by atoms with Crippen molar-refractivity contribution in [3.8, 4) is 0 Å². The molecule has 0 spiro atoms. The Kier molecular flexibility index (Phi) is 4.91. The van der Waals surface area contributed by atoms with Gasteiger partial charge in [0.25, 0.3) is 11.1 Å². The molecular formula is C8H10Cl2N2O3S. The molecule has 1 unspecified atom stereocenters. The number of hydrogen-bond acceptors (Lipinski definition) is 4. The van der Waals surface area contributed by atoms with Gasteiger partial charge in [-0.25, -0.2) is 4.68 Å². The van der Waals surface area contributed by atoms with Gasteiger partial charge in [-0.15, -0.1) is 0 Å². The molecule has 0 radical (unpaired) electrons. The van der Waals surface area contributed by atoms with Gasteiger partial charge >= 0.3 is 0 Å². The van der Waals surface area contributed by atoms with Crippen LogP contribution in [0.1, 0.15) is 0 Å². The van der Waals surface area contributed by atoms with Gasteiger partial charge in [-0.1, -0.05) is 23.2 Å². The van der Waals surface area contributed by atoms with Crippen LogP contribution < -0.4 is 11.1 Å². The summed E-state index contributed by atoms with van der Waals surface area (Å²) in [5.74, 6) is 0.453. The van der Waals surface area contributed by atoms with Crippen molar-refractivity contribution < 1.29 is 5.11 Å². The zero-order valence-electron chi connectivity index (χ0n) is 8.37. The number of nitrogens with zero attached hydrogens (tertiary/aromatic N) is 1. The predicted octanol–water partition coefficient (Wildman–Crippen LogP) is 0.567. The smallest absolute Gasteiger partial charge is 0.285 e. The van der Waals surface area contributed by atoms with E-state index in [4.69, 9.17) is 23.2 Å². The van der Waals surface area contributed by atoms with E-state index in [-0.39, 0.29) is 16.6 Å². The number of H-pyrrole nitrogens is 1. The molecule has 0 fully saturated rings. The Balaban J connectivity index is 3.07. The first-order valence-electron chi connectivity index (χ1n) is 4.32. The van der Waals surface area contributed by atoms with Crippen LogP contribution in [0.4, 0.5) is 0 Å². The molecule has 0 aliphatic rings. The predicted molar refractivity (Wildman–Crippen MR) is 65.7 cm³/mol. The van der Waals surface area contributed by atoms with Gasteiger partial charge in [-0.3, -0.25) is 14.7 Å². The van der Waals surface area contributed by atoms with Crippen LogP contribution in [0.2, 0.25) is 10.0 Å². The van der Waals surface area contributed by atoms with Crippen molar-refractivity contribution in [2.24, 2.45) is 0 Å². The van der Waals surface area contributed by atoms with Crippen LogP contribution in [0, 0.1) is 0 Å². The summed E-state index contributed by atoms with van der Waals surface area (Å²) in [7, 11) is 0. The van der Waals surface area contributed by atoms with Crippen LogP contribution in [-0.2, 0) is 6.54 Å². The SMILES string of the molecule is CSCC(O)Cn1[nH]c(=O)c(Cl)c(Cl)c1=O. The molecule has 0 aromatic carbocycles. The summed E-state index contributed by atoms with van der Waals surface area (Å²) < 4.78 is 0.956. The van der Waals surface area contributed by atoms with Crippen molar-refractivity contribution in [1.82, 2.24) is 9.78 Å². The molecular weight excluding hydrogens is 275 g/mol. The summed E-state index contributed by atoms with van der Waals surface area (Å²) in [5.41, 5.74) is -1.27. The molecule has 1 rings (SSSR count). The molecule has 5 nitrogen and oxygen atoms in total. The average Bonchev–Trinajstić information content (AvgIpc) is 2.23. The normalized spacial score (nSPS) is 12.8. The van der Waals surface area contributed by atoms with Crippen molar-refractivity contribution in [2.75, 3.05) is 12.0 Å². The summed E-state index contributed by atoms with van der Waals surface area (Å²) in [4.78, 5) is 22.8. The molecule has 0 saturated heterocycles. The van der Waals surface area contributed by atoms with Crippen LogP contribution in [0.5, 0.6) is 0 Å². The van der Waals surface area contributed by atoms with Gasteiger partial charge in [-0.2, -0.15) is 11.8 Å². The van der Waals surface area contributed by atoms with Crippen LogP contribution >= 0.6 is 35.0 Å². The Bertz CT molecular complexity index is 485. The maximum atomic E-state index is 11.5. The third-order valence-corrected chi connectivity index (χ3v) is 3.34. The van der Waals surface area contributed by atoms with E-state index in [9.17, 15) is 14.7 Å². The molecule has 0 aliphatic heterocycles. The Morgan fingerprint density at radius 2 is 2.06 bits per heavy atom. The molecule has 1 atom stereocenters. The van der Waals surface area contributed by atoms with E-state index in [1.807, 2.05) is 6.26 Å². The number of aromatic nitrogens is 2. The fraction of sp³-hybridized carbons (Fsp3) is 0.500. The minimum atomic E-state index is -0.736. The van der Waals surface area contributed by atoms with Crippen molar-refractivity contribution in [3.05, 3.63) is 30.8 Å². The lowest BCUT2D eigenvalue weighted by Crippen LogP contribution is -2.34. The van der Waals surface area contributed by atoms with Crippen molar-refractivity contribution in [1.29, 1.82) is 0 Å². The molecule has 0 bridgehead atoms. The molecule has 1 heterocycles. The number of halogens is 2. The first-order chi connectivity index (χ1) is 7.47. The highest BCUT2D eigenvalue weighted by atomic mass is 35.5. The third-order valence-electron chi connectivity index (χ3n) is 1.81. The van der Waals surface area contributed by atoms with Crippen molar-refractivity contribution >= 4 is 35.0 Å². The largest absolute Gasteiger partial charge is 0.390 e. The lowest BCUT2D eigenvalue weighted by atomic mass is 10.4. The molecule has 0 amide bonds. The van der Waals surface area contributed by atoms with Crippen molar-refractivity contribution in [3.63, 3.8) is 0 Å². The van der Waals surface area contributed by atoms with Crippen LogP contribution in [0.3, 0.4) is 0 Å². The van der Waals surface area contributed by atoms with Crippen LogP contribution in [-0.4, -0.2) is 33.0 Å². The quantitative estimate of drug-likeness (QED) is 0.848. The second-order valence-electron chi connectivity index (χ2n) is 3.09. The standard InChI is InChI=1S/C8H10Cl2N2O3S/c1-16-3-4(13)2-12-8(15)6(10)5(9)7(14)11-12/h4,13H,2-3H2,1H3,(H,11,14). The van der Waals surface area contributed by atoms with Gasteiger partial charge in [0.15, 0.2) is 0 Å². The van der Waals surface area contributed by atoms with E-state index in [0.717, 1.165) is 4.68 Å². The second kappa shape index (κ2) is 5.77. The number of rotatable bonds is 4. The number of aliphatic hydroxyl groups is 1. The number of aliphatic hydroxyl groups excluding tert-OH is 1. The monoisotopic (exact) mass is 284 g/mol. The molecule has 0 aliphatic carbocycles. The molecule has 1 aromatic rings. The minimum Gasteiger partial charge on any atom is -0.390 e. The van der Waals surface area contributed by atoms with Gasteiger partial charge in [0.05, 0.1) is 12.6 Å². The zero-order chi connectivity index (χ0) is 12.3. The lowest BCUT2D eigenvalue weighted by Gasteiger charge is -2.11. The molecule has 8 heteroatoms. The zero-order valence-corrected chi connectivity index (χ0v) is 10.7. The highest BCUT2D eigenvalue weighted by molar-refractivity contribution is 7.98. The lowest BCUT2D eigenvalue weighted by molar-refractivity contribution is 0.170. The van der Waals surface area contributed by atoms with Gasteiger partial charge in [0, 0.05) is 5.75 Å². The fourth-order valence-electron chi connectivity index (χ4n) is 1.12.